The summed E-state index contributed by atoms with van der Waals surface area (Å²) in [6.07, 6.45) is 4.92. The molecule has 2 N–H and O–H groups in total. The van der Waals surface area contributed by atoms with Gasteiger partial charge in [-0.05, 0) is 33.5 Å². The van der Waals surface area contributed by atoms with Crippen LogP contribution < -0.4 is 15.2 Å². The van der Waals surface area contributed by atoms with Crippen molar-refractivity contribution in [3.63, 3.8) is 0 Å². The van der Waals surface area contributed by atoms with Crippen LogP contribution in [0.25, 0.3) is 6.08 Å². The Morgan fingerprint density at radius 3 is 2.63 bits per heavy atom. The van der Waals surface area contributed by atoms with E-state index in [4.69, 9.17) is 15.2 Å². The summed E-state index contributed by atoms with van der Waals surface area (Å²) in [5, 5.41) is 0. The Kier molecular flexibility index (Phi) is 4.88. The lowest BCUT2D eigenvalue weighted by Crippen LogP contribution is -2.02. The molecule has 0 aliphatic carbocycles. The van der Waals surface area contributed by atoms with Crippen LogP contribution in [0.15, 0.2) is 16.6 Å². The maximum atomic E-state index is 5.92. The Morgan fingerprint density at radius 2 is 2.00 bits per heavy atom. The highest BCUT2D eigenvalue weighted by Crippen LogP contribution is 2.45. The van der Waals surface area contributed by atoms with Crippen LogP contribution in [0, 0.1) is 0 Å². The van der Waals surface area contributed by atoms with Crippen LogP contribution in [0.4, 0.5) is 0 Å². The molecule has 1 aliphatic heterocycles. The van der Waals surface area contributed by atoms with Crippen molar-refractivity contribution in [3.05, 3.63) is 27.7 Å². The highest BCUT2D eigenvalue weighted by Gasteiger charge is 2.22. The zero-order valence-electron chi connectivity index (χ0n) is 11.4. The molecule has 1 aromatic rings. The molecule has 0 radical (unpaired) electrons. The van der Waals surface area contributed by atoms with Gasteiger partial charge in [-0.2, -0.15) is 0 Å². The van der Waals surface area contributed by atoms with E-state index in [0.717, 1.165) is 28.0 Å². The van der Waals surface area contributed by atoms with Crippen molar-refractivity contribution in [3.8, 4) is 11.5 Å². The Labute approximate surface area is 122 Å². The third-order valence-electron chi connectivity index (χ3n) is 3.05. The van der Waals surface area contributed by atoms with Crippen LogP contribution in [-0.4, -0.2) is 19.8 Å². The van der Waals surface area contributed by atoms with E-state index in [1.165, 1.54) is 5.56 Å². The summed E-state index contributed by atoms with van der Waals surface area (Å²) < 4.78 is 12.7. The van der Waals surface area contributed by atoms with E-state index < -0.39 is 0 Å². The highest BCUT2D eigenvalue weighted by molar-refractivity contribution is 9.10. The van der Waals surface area contributed by atoms with Crippen molar-refractivity contribution >= 4 is 22.0 Å². The third kappa shape index (κ3) is 3.12. The molecule has 0 saturated heterocycles. The zero-order chi connectivity index (χ0) is 13.8. The Morgan fingerprint density at radius 1 is 1.32 bits per heavy atom. The van der Waals surface area contributed by atoms with Crippen LogP contribution in [0.5, 0.6) is 11.5 Å². The summed E-state index contributed by atoms with van der Waals surface area (Å²) in [5.74, 6) is 2.06. The molecular weight excluding hydrogens is 306 g/mol. The summed E-state index contributed by atoms with van der Waals surface area (Å²) in [5.41, 5.74) is 7.87. The molecule has 0 amide bonds. The van der Waals surface area contributed by atoms with E-state index in [1.807, 2.05) is 6.08 Å². The number of halogens is 1. The van der Waals surface area contributed by atoms with Crippen LogP contribution in [-0.2, 0) is 0 Å². The highest BCUT2D eigenvalue weighted by atomic mass is 79.9. The molecule has 0 saturated carbocycles. The van der Waals surface area contributed by atoms with E-state index in [2.05, 4.69) is 41.9 Å². The van der Waals surface area contributed by atoms with Gasteiger partial charge in [0.1, 0.15) is 0 Å². The molecular formula is C15H20BrNO2. The molecule has 104 valence electrons. The fraction of sp³-hybridized carbons (Fsp3) is 0.467. The number of nitrogens with two attached hydrogens (primary N) is 1. The van der Waals surface area contributed by atoms with Gasteiger partial charge in [-0.15, -0.1) is 0 Å². The van der Waals surface area contributed by atoms with Gasteiger partial charge in [0.2, 0.25) is 0 Å². The Balaban J connectivity index is 2.59. The standard InChI is InChI=1S/C15H20BrNO2/c1-10(2)13-11(5-3-6-17)9-12(16)14-15(13)19-8-4-7-18-14/h3,5,9-10H,4,6-8,17H2,1-2H3/b5-3+. The van der Waals surface area contributed by atoms with Crippen molar-refractivity contribution in [2.45, 2.75) is 26.2 Å². The van der Waals surface area contributed by atoms with E-state index in [1.54, 1.807) is 0 Å². The van der Waals surface area contributed by atoms with Crippen molar-refractivity contribution in [2.24, 2.45) is 5.73 Å². The number of hydrogen-bond donors (Lipinski definition) is 1. The summed E-state index contributed by atoms with van der Waals surface area (Å²) in [6, 6.07) is 2.08. The van der Waals surface area contributed by atoms with Crippen LogP contribution in [0.3, 0.4) is 0 Å². The van der Waals surface area contributed by atoms with Gasteiger partial charge in [-0.25, -0.2) is 0 Å². The van der Waals surface area contributed by atoms with Gasteiger partial charge in [-0.1, -0.05) is 26.0 Å². The van der Waals surface area contributed by atoms with Crippen LogP contribution in [0.2, 0.25) is 0 Å². The van der Waals surface area contributed by atoms with Gasteiger partial charge in [0, 0.05) is 18.5 Å². The van der Waals surface area contributed by atoms with Crippen molar-refractivity contribution in [1.29, 1.82) is 0 Å². The maximum Gasteiger partial charge on any atom is 0.175 e. The number of fused-ring (bicyclic) bond motifs is 1. The first kappa shape index (κ1) is 14.4. The van der Waals surface area contributed by atoms with Gasteiger partial charge in [0.25, 0.3) is 0 Å². The predicted octanol–water partition coefficient (Wildman–Crippen LogP) is 3.71. The monoisotopic (exact) mass is 325 g/mol. The zero-order valence-corrected chi connectivity index (χ0v) is 13.0. The molecule has 1 aliphatic rings. The van der Waals surface area contributed by atoms with Gasteiger partial charge < -0.3 is 15.2 Å². The summed E-state index contributed by atoms with van der Waals surface area (Å²) in [7, 11) is 0. The van der Waals surface area contributed by atoms with E-state index in [-0.39, 0.29) is 0 Å². The topological polar surface area (TPSA) is 44.5 Å². The molecule has 1 heterocycles. The molecule has 0 bridgehead atoms. The lowest BCUT2D eigenvalue weighted by molar-refractivity contribution is 0.295. The van der Waals surface area contributed by atoms with Gasteiger partial charge in [0.05, 0.1) is 17.7 Å². The number of rotatable bonds is 3. The molecule has 19 heavy (non-hydrogen) atoms. The molecule has 0 aromatic heterocycles. The van der Waals surface area contributed by atoms with Gasteiger partial charge in [0.15, 0.2) is 11.5 Å². The second-order valence-corrected chi connectivity index (χ2v) is 5.72. The molecule has 3 nitrogen and oxygen atoms in total. The van der Waals surface area contributed by atoms with Crippen molar-refractivity contribution in [1.82, 2.24) is 0 Å². The fourth-order valence-corrected chi connectivity index (χ4v) is 2.80. The average Bonchev–Trinajstić information content (AvgIpc) is 2.61. The molecule has 0 unspecified atom stereocenters. The van der Waals surface area contributed by atoms with E-state index in [9.17, 15) is 0 Å². The Hall–Kier alpha value is -1.00. The smallest absolute Gasteiger partial charge is 0.175 e. The number of benzene rings is 1. The first-order chi connectivity index (χ1) is 9.15. The minimum absolute atomic E-state index is 0.362. The number of ether oxygens (including phenoxy) is 2. The molecule has 0 atom stereocenters. The molecule has 0 fully saturated rings. The average molecular weight is 326 g/mol. The second kappa shape index (κ2) is 6.44. The fourth-order valence-electron chi connectivity index (χ4n) is 2.26. The van der Waals surface area contributed by atoms with E-state index >= 15 is 0 Å². The predicted molar refractivity (Wildman–Crippen MR) is 81.9 cm³/mol. The number of hydrogen-bond acceptors (Lipinski definition) is 3. The molecule has 0 spiro atoms. The van der Waals surface area contributed by atoms with Gasteiger partial charge in [-0.3, -0.25) is 0 Å². The lowest BCUT2D eigenvalue weighted by Gasteiger charge is -2.19. The SMILES string of the molecule is CC(C)c1c(/C=C/CN)cc(Br)c2c1OCCCO2. The second-order valence-electron chi connectivity index (χ2n) is 4.86. The van der Waals surface area contributed by atoms with Crippen LogP contribution in [0.1, 0.15) is 37.3 Å². The molecule has 2 rings (SSSR count). The minimum Gasteiger partial charge on any atom is -0.489 e. The largest absolute Gasteiger partial charge is 0.489 e. The van der Waals surface area contributed by atoms with Crippen molar-refractivity contribution < 1.29 is 9.47 Å². The first-order valence-electron chi connectivity index (χ1n) is 6.63. The molecule has 1 aromatic carbocycles. The van der Waals surface area contributed by atoms with Gasteiger partial charge >= 0.3 is 0 Å². The third-order valence-corrected chi connectivity index (χ3v) is 3.64. The summed E-state index contributed by atoms with van der Waals surface area (Å²) in [6.45, 7) is 6.25. The summed E-state index contributed by atoms with van der Waals surface area (Å²) in [4.78, 5) is 0. The van der Waals surface area contributed by atoms with E-state index in [0.29, 0.717) is 25.7 Å². The molecule has 4 heteroatoms. The van der Waals surface area contributed by atoms with Crippen molar-refractivity contribution in [2.75, 3.05) is 19.8 Å². The lowest BCUT2D eigenvalue weighted by atomic mass is 9.95. The first-order valence-corrected chi connectivity index (χ1v) is 7.43. The maximum absolute atomic E-state index is 5.92. The Bertz CT molecular complexity index is 484. The van der Waals surface area contributed by atoms with Crippen LogP contribution >= 0.6 is 15.9 Å². The minimum atomic E-state index is 0.362. The quantitative estimate of drug-likeness (QED) is 0.921. The normalized spacial score (nSPS) is 15.0. The summed E-state index contributed by atoms with van der Waals surface area (Å²) >= 11 is 3.57.